The fourth-order valence-electron chi connectivity index (χ4n) is 2.99. The highest BCUT2D eigenvalue weighted by molar-refractivity contribution is 5.46. The zero-order valence-corrected chi connectivity index (χ0v) is 10.8. The summed E-state index contributed by atoms with van der Waals surface area (Å²) >= 11 is 0. The average Bonchev–Trinajstić information content (AvgIpc) is 2.39. The minimum Gasteiger partial charge on any atom is -0.393 e. The van der Waals surface area contributed by atoms with Crippen LogP contribution in [0.3, 0.4) is 0 Å². The number of benzene rings is 1. The molecule has 0 aromatic heterocycles. The van der Waals surface area contributed by atoms with E-state index in [0.717, 1.165) is 19.3 Å². The fraction of sp³-hybridized carbons (Fsp3) is 0.600. The molecule has 1 aromatic rings. The minimum atomic E-state index is -0.117. The molecule has 2 heteroatoms. The first-order valence-corrected chi connectivity index (χ1v) is 6.68. The molecule has 0 spiro atoms. The number of aliphatic hydroxyl groups is 1. The van der Waals surface area contributed by atoms with Gasteiger partial charge in [-0.15, -0.1) is 0 Å². The molecule has 94 valence electrons. The van der Waals surface area contributed by atoms with Crippen molar-refractivity contribution in [3.63, 3.8) is 0 Å². The Balaban J connectivity index is 2.13. The molecule has 0 bridgehead atoms. The lowest BCUT2D eigenvalue weighted by Gasteiger charge is -2.40. The van der Waals surface area contributed by atoms with Crippen molar-refractivity contribution >= 4 is 5.69 Å². The second-order valence-electron chi connectivity index (χ2n) is 5.15. The van der Waals surface area contributed by atoms with E-state index in [1.807, 2.05) is 6.07 Å². The lowest BCUT2D eigenvalue weighted by Crippen LogP contribution is -2.43. The van der Waals surface area contributed by atoms with Crippen molar-refractivity contribution in [1.82, 2.24) is 0 Å². The first kappa shape index (κ1) is 12.4. The molecule has 0 amide bonds. The van der Waals surface area contributed by atoms with Crippen molar-refractivity contribution in [2.75, 3.05) is 11.9 Å². The largest absolute Gasteiger partial charge is 0.393 e. The number of hydrogen-bond donors (Lipinski definition) is 1. The number of anilines is 1. The van der Waals surface area contributed by atoms with Gasteiger partial charge in [0.05, 0.1) is 6.10 Å². The summed E-state index contributed by atoms with van der Waals surface area (Å²) in [6, 6.07) is 11.0. The molecule has 2 rings (SSSR count). The summed E-state index contributed by atoms with van der Waals surface area (Å²) in [6.07, 6.45) is 4.12. The van der Waals surface area contributed by atoms with E-state index in [1.54, 1.807) is 0 Å². The summed E-state index contributed by atoms with van der Waals surface area (Å²) in [5.41, 5.74) is 1.25. The van der Waals surface area contributed by atoms with Crippen molar-refractivity contribution in [3.8, 4) is 0 Å². The molecular weight excluding hydrogens is 210 g/mol. The summed E-state index contributed by atoms with van der Waals surface area (Å²) in [7, 11) is 2.15. The molecule has 0 radical (unpaired) electrons. The van der Waals surface area contributed by atoms with Gasteiger partial charge in [-0.2, -0.15) is 0 Å². The van der Waals surface area contributed by atoms with Crippen LogP contribution in [0.1, 0.15) is 32.6 Å². The zero-order valence-electron chi connectivity index (χ0n) is 10.8. The normalized spacial score (nSPS) is 29.0. The third-order valence-corrected chi connectivity index (χ3v) is 4.11. The monoisotopic (exact) mass is 233 g/mol. The van der Waals surface area contributed by atoms with Crippen LogP contribution in [0.5, 0.6) is 0 Å². The van der Waals surface area contributed by atoms with Crippen molar-refractivity contribution in [1.29, 1.82) is 0 Å². The predicted molar refractivity (Wildman–Crippen MR) is 72.3 cm³/mol. The summed E-state index contributed by atoms with van der Waals surface area (Å²) < 4.78 is 0. The highest BCUT2D eigenvalue weighted by Gasteiger charge is 2.31. The number of para-hydroxylation sites is 1. The van der Waals surface area contributed by atoms with Crippen LogP contribution in [-0.2, 0) is 0 Å². The summed E-state index contributed by atoms with van der Waals surface area (Å²) in [5, 5.41) is 9.86. The Morgan fingerprint density at radius 1 is 1.24 bits per heavy atom. The number of rotatable bonds is 3. The van der Waals surface area contributed by atoms with Crippen LogP contribution in [0.2, 0.25) is 0 Å². The molecule has 0 heterocycles. The van der Waals surface area contributed by atoms with Crippen LogP contribution in [0.4, 0.5) is 5.69 Å². The van der Waals surface area contributed by atoms with E-state index in [0.29, 0.717) is 12.0 Å². The van der Waals surface area contributed by atoms with Crippen molar-refractivity contribution in [3.05, 3.63) is 30.3 Å². The van der Waals surface area contributed by atoms with Crippen LogP contribution < -0.4 is 4.90 Å². The van der Waals surface area contributed by atoms with Gasteiger partial charge in [-0.05, 0) is 37.3 Å². The van der Waals surface area contributed by atoms with Crippen molar-refractivity contribution in [2.24, 2.45) is 5.92 Å². The van der Waals surface area contributed by atoms with Crippen LogP contribution >= 0.6 is 0 Å². The molecule has 1 fully saturated rings. The first-order valence-electron chi connectivity index (χ1n) is 6.68. The second kappa shape index (κ2) is 5.54. The van der Waals surface area contributed by atoms with Gasteiger partial charge in [0.1, 0.15) is 0 Å². The van der Waals surface area contributed by atoms with Crippen LogP contribution in [0.25, 0.3) is 0 Å². The van der Waals surface area contributed by atoms with Gasteiger partial charge in [0.25, 0.3) is 0 Å². The van der Waals surface area contributed by atoms with Gasteiger partial charge in [-0.25, -0.2) is 0 Å². The van der Waals surface area contributed by atoms with Gasteiger partial charge < -0.3 is 10.0 Å². The highest BCUT2D eigenvalue weighted by Crippen LogP contribution is 2.32. The van der Waals surface area contributed by atoms with E-state index in [2.05, 4.69) is 43.1 Å². The Morgan fingerprint density at radius 3 is 2.59 bits per heavy atom. The SMILES string of the molecule is CCC1CCC(O)CC1N(C)c1ccccc1. The third-order valence-electron chi connectivity index (χ3n) is 4.11. The Bertz CT molecular complexity index is 338. The minimum absolute atomic E-state index is 0.117. The van der Waals surface area contributed by atoms with Crippen molar-refractivity contribution < 1.29 is 5.11 Å². The van der Waals surface area contributed by atoms with Gasteiger partial charge in [0, 0.05) is 18.8 Å². The van der Waals surface area contributed by atoms with Crippen molar-refractivity contribution in [2.45, 2.75) is 44.8 Å². The Kier molecular flexibility index (Phi) is 4.06. The van der Waals surface area contributed by atoms with E-state index in [1.165, 1.54) is 12.1 Å². The third kappa shape index (κ3) is 2.81. The maximum atomic E-state index is 9.86. The van der Waals surface area contributed by atoms with Gasteiger partial charge >= 0.3 is 0 Å². The number of aliphatic hydroxyl groups excluding tert-OH is 1. The van der Waals surface area contributed by atoms with E-state index in [-0.39, 0.29) is 6.10 Å². The van der Waals surface area contributed by atoms with E-state index < -0.39 is 0 Å². The molecular formula is C15H23NO. The molecule has 1 N–H and O–H groups in total. The molecule has 1 saturated carbocycles. The maximum absolute atomic E-state index is 9.86. The molecule has 3 atom stereocenters. The summed E-state index contributed by atoms with van der Waals surface area (Å²) in [6.45, 7) is 2.26. The molecule has 1 aliphatic rings. The molecule has 1 aromatic carbocycles. The smallest absolute Gasteiger partial charge is 0.0560 e. The van der Waals surface area contributed by atoms with Gasteiger partial charge in [-0.1, -0.05) is 31.5 Å². The highest BCUT2D eigenvalue weighted by atomic mass is 16.3. The molecule has 2 nitrogen and oxygen atoms in total. The predicted octanol–water partition coefficient (Wildman–Crippen LogP) is 3.06. The standard InChI is InChI=1S/C15H23NO/c1-3-12-9-10-14(17)11-15(12)16(2)13-7-5-4-6-8-13/h4-8,12,14-15,17H,3,9-11H2,1-2H3. The first-order chi connectivity index (χ1) is 8.22. The van der Waals surface area contributed by atoms with E-state index >= 15 is 0 Å². The number of nitrogens with zero attached hydrogens (tertiary/aromatic N) is 1. The molecule has 1 aliphatic carbocycles. The lowest BCUT2D eigenvalue weighted by atomic mass is 9.80. The van der Waals surface area contributed by atoms with Gasteiger partial charge in [0.2, 0.25) is 0 Å². The Hall–Kier alpha value is -1.02. The topological polar surface area (TPSA) is 23.5 Å². The molecule has 3 unspecified atom stereocenters. The van der Waals surface area contributed by atoms with E-state index in [9.17, 15) is 5.11 Å². The molecule has 0 saturated heterocycles. The lowest BCUT2D eigenvalue weighted by molar-refractivity contribution is 0.0926. The second-order valence-corrected chi connectivity index (χ2v) is 5.15. The summed E-state index contributed by atoms with van der Waals surface area (Å²) in [5.74, 6) is 0.712. The van der Waals surface area contributed by atoms with Crippen LogP contribution in [0.15, 0.2) is 30.3 Å². The van der Waals surface area contributed by atoms with Crippen LogP contribution in [-0.4, -0.2) is 24.3 Å². The Morgan fingerprint density at radius 2 is 1.94 bits per heavy atom. The molecule has 0 aliphatic heterocycles. The molecule has 17 heavy (non-hydrogen) atoms. The summed E-state index contributed by atoms with van der Waals surface area (Å²) in [4.78, 5) is 2.34. The van der Waals surface area contributed by atoms with E-state index in [4.69, 9.17) is 0 Å². The van der Waals surface area contributed by atoms with Crippen LogP contribution in [0, 0.1) is 5.92 Å². The zero-order chi connectivity index (χ0) is 12.3. The van der Waals surface area contributed by atoms with Gasteiger partial charge in [-0.3, -0.25) is 0 Å². The maximum Gasteiger partial charge on any atom is 0.0560 e. The van der Waals surface area contributed by atoms with Gasteiger partial charge in [0.15, 0.2) is 0 Å². The fourth-order valence-corrected chi connectivity index (χ4v) is 2.99. The quantitative estimate of drug-likeness (QED) is 0.867. The average molecular weight is 233 g/mol. The Labute approximate surface area is 104 Å². The number of hydrogen-bond acceptors (Lipinski definition) is 2.